The van der Waals surface area contributed by atoms with Crippen LogP contribution >= 0.6 is 45.5 Å². The van der Waals surface area contributed by atoms with Gasteiger partial charge in [-0.25, -0.2) is 4.98 Å². The molecule has 0 amide bonds. The average molecular weight is 517 g/mol. The van der Waals surface area contributed by atoms with Gasteiger partial charge in [0.2, 0.25) is 5.95 Å². The molecule has 142 valence electrons. The van der Waals surface area contributed by atoms with E-state index in [1.807, 2.05) is 23.6 Å². The summed E-state index contributed by atoms with van der Waals surface area (Å²) in [7, 11) is 0. The van der Waals surface area contributed by atoms with E-state index in [1.165, 1.54) is 11.3 Å². The Morgan fingerprint density at radius 2 is 2.30 bits per heavy atom. The summed E-state index contributed by atoms with van der Waals surface area (Å²) < 4.78 is 7.51. The average Bonchev–Trinajstić information content (AvgIpc) is 3.11. The molecule has 0 bridgehead atoms. The van der Waals surface area contributed by atoms with Crippen molar-refractivity contribution in [2.24, 2.45) is 0 Å². The molecule has 0 aliphatic carbocycles. The number of H-pyrrole nitrogens is 1. The summed E-state index contributed by atoms with van der Waals surface area (Å²) in [5.74, 6) is 1.45. The number of benzene rings is 1. The molecule has 27 heavy (non-hydrogen) atoms. The fraction of sp³-hybridized carbons (Fsp3) is 0.333. The summed E-state index contributed by atoms with van der Waals surface area (Å²) in [6, 6.07) is 6.00. The number of thiophene rings is 1. The van der Waals surface area contributed by atoms with Gasteiger partial charge in [-0.05, 0) is 59.1 Å². The zero-order chi connectivity index (χ0) is 18.8. The van der Waals surface area contributed by atoms with Crippen LogP contribution in [-0.4, -0.2) is 29.7 Å². The molecule has 3 aromatic rings. The summed E-state index contributed by atoms with van der Waals surface area (Å²) in [5.41, 5.74) is 1.76. The predicted octanol–water partition coefficient (Wildman–Crippen LogP) is 4.16. The Bertz CT molecular complexity index is 1020. The molecule has 6 nitrogen and oxygen atoms in total. The van der Waals surface area contributed by atoms with E-state index in [0.29, 0.717) is 17.3 Å². The van der Waals surface area contributed by atoms with Gasteiger partial charge in [0, 0.05) is 29.6 Å². The Balaban J connectivity index is 1.31. The molecule has 1 aliphatic heterocycles. The van der Waals surface area contributed by atoms with Gasteiger partial charge in [0.15, 0.2) is 0 Å². The Morgan fingerprint density at radius 1 is 1.41 bits per heavy atom. The molecule has 4 rings (SSSR count). The van der Waals surface area contributed by atoms with Gasteiger partial charge in [-0.15, -0.1) is 11.3 Å². The van der Waals surface area contributed by atoms with Crippen molar-refractivity contribution in [2.45, 2.75) is 18.9 Å². The number of rotatable bonds is 6. The van der Waals surface area contributed by atoms with Crippen LogP contribution in [0.3, 0.4) is 0 Å². The van der Waals surface area contributed by atoms with Crippen molar-refractivity contribution in [1.29, 1.82) is 0 Å². The summed E-state index contributed by atoms with van der Waals surface area (Å²) in [6.07, 6.45) is 1.82. The molecule has 1 aromatic carbocycles. The standard InChI is InChI=1S/C18H18ClIN4O2S/c19-10-8-11-13(2-6-26-15(11)12(20)9-10)21-4-1-5-22-18-23-14-3-7-27-16(14)17(25)24-18/h3,7-9,13,21H,1-2,4-6H2,(H2,22,23,24,25). The van der Waals surface area contributed by atoms with E-state index in [0.717, 1.165) is 51.4 Å². The monoisotopic (exact) mass is 516 g/mol. The number of halogens is 2. The maximum atomic E-state index is 12.0. The fourth-order valence-electron chi connectivity index (χ4n) is 3.17. The molecule has 1 unspecified atom stereocenters. The van der Waals surface area contributed by atoms with Crippen molar-refractivity contribution in [3.05, 3.63) is 48.1 Å². The SMILES string of the molecule is O=c1[nH]c(NCCCNC2CCOc3c(I)cc(Cl)cc32)nc2ccsc12. The quantitative estimate of drug-likeness (QED) is 0.339. The Labute approximate surface area is 178 Å². The highest BCUT2D eigenvalue weighted by Crippen LogP contribution is 2.37. The topological polar surface area (TPSA) is 79.0 Å². The van der Waals surface area contributed by atoms with Crippen LogP contribution in [0.15, 0.2) is 28.4 Å². The van der Waals surface area contributed by atoms with Crippen LogP contribution < -0.4 is 20.9 Å². The second-order valence-corrected chi connectivity index (χ2v) is 8.79. The predicted molar refractivity (Wildman–Crippen MR) is 118 cm³/mol. The minimum atomic E-state index is -0.0964. The van der Waals surface area contributed by atoms with Crippen LogP contribution in [0.2, 0.25) is 5.02 Å². The first-order valence-corrected chi connectivity index (χ1v) is 11.0. The van der Waals surface area contributed by atoms with Gasteiger partial charge in [0.25, 0.3) is 5.56 Å². The molecule has 0 saturated carbocycles. The van der Waals surface area contributed by atoms with Gasteiger partial charge in [0.1, 0.15) is 10.4 Å². The highest BCUT2D eigenvalue weighted by atomic mass is 127. The number of hydrogen-bond donors (Lipinski definition) is 3. The fourth-order valence-corrected chi connectivity index (χ4v) is 5.10. The van der Waals surface area contributed by atoms with Gasteiger partial charge in [-0.1, -0.05) is 11.6 Å². The summed E-state index contributed by atoms with van der Waals surface area (Å²) >= 11 is 9.88. The molecular formula is C18H18ClIN4O2S. The Morgan fingerprint density at radius 3 is 3.19 bits per heavy atom. The van der Waals surface area contributed by atoms with Crippen LogP contribution in [0, 0.1) is 3.57 Å². The van der Waals surface area contributed by atoms with E-state index >= 15 is 0 Å². The minimum absolute atomic E-state index is 0.0964. The van der Waals surface area contributed by atoms with Gasteiger partial charge < -0.3 is 15.4 Å². The zero-order valence-corrected chi connectivity index (χ0v) is 18.1. The third-order valence-corrected chi connectivity index (χ3v) is 6.34. The lowest BCUT2D eigenvalue weighted by Gasteiger charge is -2.28. The molecule has 2 aromatic heterocycles. The highest BCUT2D eigenvalue weighted by molar-refractivity contribution is 14.1. The number of nitrogens with zero attached hydrogens (tertiary/aromatic N) is 1. The molecule has 1 aliphatic rings. The molecule has 0 saturated heterocycles. The molecular weight excluding hydrogens is 499 g/mol. The number of hydrogen-bond acceptors (Lipinski definition) is 6. The van der Waals surface area contributed by atoms with E-state index in [1.54, 1.807) is 0 Å². The van der Waals surface area contributed by atoms with Crippen LogP contribution in [0.5, 0.6) is 5.75 Å². The Kier molecular flexibility index (Phi) is 5.86. The highest BCUT2D eigenvalue weighted by Gasteiger charge is 2.23. The molecule has 3 heterocycles. The molecule has 0 fully saturated rings. The van der Waals surface area contributed by atoms with Crippen molar-refractivity contribution in [1.82, 2.24) is 15.3 Å². The minimum Gasteiger partial charge on any atom is -0.492 e. The summed E-state index contributed by atoms with van der Waals surface area (Å²) in [6.45, 7) is 2.26. The first-order chi connectivity index (χ1) is 13.1. The molecule has 0 spiro atoms. The first kappa shape index (κ1) is 19.0. The number of aromatic amines is 1. The van der Waals surface area contributed by atoms with Gasteiger partial charge in [-0.3, -0.25) is 9.78 Å². The van der Waals surface area contributed by atoms with Gasteiger partial charge in [0.05, 0.1) is 15.7 Å². The normalized spacial score (nSPS) is 16.1. The molecule has 3 N–H and O–H groups in total. The van der Waals surface area contributed by atoms with Gasteiger partial charge >= 0.3 is 0 Å². The van der Waals surface area contributed by atoms with Crippen LogP contribution in [0.1, 0.15) is 24.4 Å². The van der Waals surface area contributed by atoms with Crippen LogP contribution in [-0.2, 0) is 0 Å². The maximum absolute atomic E-state index is 12.0. The zero-order valence-electron chi connectivity index (χ0n) is 14.4. The van der Waals surface area contributed by atoms with E-state index in [2.05, 4.69) is 43.2 Å². The van der Waals surface area contributed by atoms with Crippen LogP contribution in [0.4, 0.5) is 5.95 Å². The summed E-state index contributed by atoms with van der Waals surface area (Å²) in [5, 5.41) is 9.38. The van der Waals surface area contributed by atoms with Crippen molar-refractivity contribution >= 4 is 61.7 Å². The van der Waals surface area contributed by atoms with Crippen LogP contribution in [0.25, 0.3) is 10.2 Å². The third-order valence-electron chi connectivity index (χ3n) is 4.42. The number of fused-ring (bicyclic) bond motifs is 2. The smallest absolute Gasteiger partial charge is 0.270 e. The second-order valence-electron chi connectivity index (χ2n) is 6.28. The molecule has 1 atom stereocenters. The van der Waals surface area contributed by atoms with E-state index in [9.17, 15) is 4.79 Å². The second kappa shape index (κ2) is 8.34. The van der Waals surface area contributed by atoms with Crippen molar-refractivity contribution < 1.29 is 4.74 Å². The first-order valence-electron chi connectivity index (χ1n) is 8.68. The Hall–Kier alpha value is -1.36. The van der Waals surface area contributed by atoms with E-state index in [-0.39, 0.29) is 11.6 Å². The number of ether oxygens (including phenoxy) is 1. The van der Waals surface area contributed by atoms with Crippen molar-refractivity contribution in [3.8, 4) is 5.75 Å². The molecule has 0 radical (unpaired) electrons. The lowest BCUT2D eigenvalue weighted by atomic mass is 10.0. The van der Waals surface area contributed by atoms with Gasteiger partial charge in [-0.2, -0.15) is 0 Å². The maximum Gasteiger partial charge on any atom is 0.270 e. The van der Waals surface area contributed by atoms with Crippen molar-refractivity contribution in [3.63, 3.8) is 0 Å². The molecule has 9 heteroatoms. The largest absolute Gasteiger partial charge is 0.492 e. The summed E-state index contributed by atoms with van der Waals surface area (Å²) in [4.78, 5) is 19.2. The van der Waals surface area contributed by atoms with Crippen molar-refractivity contribution in [2.75, 3.05) is 25.0 Å². The number of nitrogens with one attached hydrogen (secondary N) is 3. The number of aromatic nitrogens is 2. The van der Waals surface area contributed by atoms with E-state index < -0.39 is 0 Å². The lowest BCUT2D eigenvalue weighted by molar-refractivity contribution is 0.251. The van der Waals surface area contributed by atoms with E-state index in [4.69, 9.17) is 16.3 Å². The third kappa shape index (κ3) is 4.23. The number of anilines is 1. The lowest BCUT2D eigenvalue weighted by Crippen LogP contribution is -2.29.